The van der Waals surface area contributed by atoms with E-state index in [4.69, 9.17) is 18.9 Å². The number of fused-ring (bicyclic) bond motifs is 6. The first-order chi connectivity index (χ1) is 28.8. The third-order valence-corrected chi connectivity index (χ3v) is 13.1. The number of aliphatic hydroxyl groups is 2. The maximum Gasteiger partial charge on any atom is 0.409 e. The lowest BCUT2D eigenvalue weighted by Gasteiger charge is -2.47. The van der Waals surface area contributed by atoms with Gasteiger partial charge in [0.15, 0.2) is 17.9 Å². The Bertz CT molecular complexity index is 2400. The predicted molar refractivity (Wildman–Crippen MR) is 214 cm³/mol. The second kappa shape index (κ2) is 15.1. The van der Waals surface area contributed by atoms with Gasteiger partial charge in [-0.1, -0.05) is 60.7 Å². The van der Waals surface area contributed by atoms with E-state index in [1.807, 2.05) is 24.3 Å². The van der Waals surface area contributed by atoms with Gasteiger partial charge in [0.1, 0.15) is 29.5 Å². The van der Waals surface area contributed by atoms with E-state index in [2.05, 4.69) is 29.2 Å². The van der Waals surface area contributed by atoms with Gasteiger partial charge in [0.05, 0.1) is 42.1 Å². The lowest BCUT2D eigenvalue weighted by atomic mass is 9.72. The number of methoxy groups -OCH3 is 1. The van der Waals surface area contributed by atoms with E-state index in [9.17, 15) is 39.6 Å². The molecule has 4 N–H and O–H groups in total. The first kappa shape index (κ1) is 39.8. The van der Waals surface area contributed by atoms with E-state index in [0.29, 0.717) is 26.2 Å². The SMILES string of the molecule is COc1cccc2c1C(=O)c1c(O)c3c(c(O)c1C2=O)C[C@@](O)(C(C)=O)C[C@@H]3O[C@H]1CC(N2CCN(C(=O)OCC3c4ccccc4-c4ccccc43)CC2)[C@H](O)[C@H](C)O1. The molecule has 0 saturated carbocycles. The quantitative estimate of drug-likeness (QED) is 0.166. The molecule has 5 aliphatic rings. The molecule has 6 atom stereocenters. The number of nitrogens with zero attached hydrogens (tertiary/aromatic N) is 2. The lowest BCUT2D eigenvalue weighted by Crippen LogP contribution is -2.60. The highest BCUT2D eigenvalue weighted by Crippen LogP contribution is 2.53. The Balaban J connectivity index is 0.922. The van der Waals surface area contributed by atoms with Gasteiger partial charge in [0, 0.05) is 74.1 Å². The number of aromatic hydroxyl groups is 2. The van der Waals surface area contributed by atoms with Crippen molar-refractivity contribution in [2.24, 2.45) is 0 Å². The number of ether oxygens (including phenoxy) is 4. The van der Waals surface area contributed by atoms with E-state index >= 15 is 0 Å². The number of amides is 1. The summed E-state index contributed by atoms with van der Waals surface area (Å²) in [7, 11) is 1.35. The molecule has 14 heteroatoms. The number of rotatable bonds is 7. The number of hydrogen-bond acceptors (Lipinski definition) is 13. The molecule has 2 fully saturated rings. The molecule has 4 aromatic rings. The van der Waals surface area contributed by atoms with Crippen molar-refractivity contribution in [2.45, 2.75) is 75.3 Å². The topological polar surface area (TPSA) is 193 Å². The van der Waals surface area contributed by atoms with Gasteiger partial charge >= 0.3 is 6.09 Å². The summed E-state index contributed by atoms with van der Waals surface area (Å²) in [4.78, 5) is 57.9. The Kier molecular flexibility index (Phi) is 10.0. The maximum absolute atomic E-state index is 14.0. The monoisotopic (exact) mass is 818 g/mol. The Morgan fingerprint density at radius 2 is 1.48 bits per heavy atom. The van der Waals surface area contributed by atoms with Crippen LogP contribution >= 0.6 is 0 Å². The third kappa shape index (κ3) is 6.36. The minimum absolute atomic E-state index is 0.0275. The van der Waals surface area contributed by atoms with Gasteiger partial charge in [0.25, 0.3) is 0 Å². The Morgan fingerprint density at radius 1 is 0.850 bits per heavy atom. The van der Waals surface area contributed by atoms with Gasteiger partial charge in [-0.2, -0.15) is 0 Å². The first-order valence-corrected chi connectivity index (χ1v) is 20.2. The van der Waals surface area contributed by atoms with Gasteiger partial charge < -0.3 is 44.3 Å². The van der Waals surface area contributed by atoms with Crippen LogP contribution in [-0.4, -0.2) is 124 Å². The van der Waals surface area contributed by atoms with Gasteiger partial charge in [-0.05, 0) is 42.2 Å². The highest BCUT2D eigenvalue weighted by molar-refractivity contribution is 6.31. The molecule has 0 radical (unpaired) electrons. The average molecular weight is 819 g/mol. The van der Waals surface area contributed by atoms with Crippen LogP contribution in [0.1, 0.15) is 92.8 Å². The molecule has 0 bridgehead atoms. The van der Waals surface area contributed by atoms with Crippen molar-refractivity contribution in [2.75, 3.05) is 39.9 Å². The largest absolute Gasteiger partial charge is 0.507 e. The zero-order valence-electron chi connectivity index (χ0n) is 33.4. The highest BCUT2D eigenvalue weighted by Gasteiger charge is 2.50. The lowest BCUT2D eigenvalue weighted by molar-refractivity contribution is -0.259. The van der Waals surface area contributed by atoms with E-state index in [1.54, 1.807) is 11.8 Å². The average Bonchev–Trinajstić information content (AvgIpc) is 3.57. The zero-order valence-corrected chi connectivity index (χ0v) is 33.4. The summed E-state index contributed by atoms with van der Waals surface area (Å²) in [6.45, 7) is 4.63. The number of benzene rings is 4. The number of aliphatic hydroxyl groups excluding tert-OH is 1. The molecule has 1 amide bonds. The van der Waals surface area contributed by atoms with Crippen molar-refractivity contribution in [3.63, 3.8) is 0 Å². The first-order valence-electron chi connectivity index (χ1n) is 20.2. The van der Waals surface area contributed by atoms with Crippen molar-refractivity contribution in [3.8, 4) is 28.4 Å². The summed E-state index contributed by atoms with van der Waals surface area (Å²) in [6, 6.07) is 20.3. The molecule has 312 valence electrons. The van der Waals surface area contributed by atoms with Gasteiger partial charge in [-0.25, -0.2) is 4.79 Å². The van der Waals surface area contributed by atoms with Crippen molar-refractivity contribution in [3.05, 3.63) is 111 Å². The summed E-state index contributed by atoms with van der Waals surface area (Å²) >= 11 is 0. The number of Topliss-reactive ketones (excluding diaryl/α,β-unsaturated/α-hetero) is 1. The number of piperazine rings is 1. The summed E-state index contributed by atoms with van der Waals surface area (Å²) in [6.07, 6.45) is -5.12. The van der Waals surface area contributed by atoms with Gasteiger partial charge in [0.2, 0.25) is 5.78 Å². The van der Waals surface area contributed by atoms with Gasteiger partial charge in [-0.3, -0.25) is 19.3 Å². The fourth-order valence-corrected chi connectivity index (χ4v) is 9.89. The molecule has 3 aliphatic carbocycles. The minimum atomic E-state index is -2.06. The van der Waals surface area contributed by atoms with Crippen LogP contribution in [0.2, 0.25) is 0 Å². The van der Waals surface area contributed by atoms with Crippen LogP contribution in [0.15, 0.2) is 66.7 Å². The Hall–Kier alpha value is -5.64. The van der Waals surface area contributed by atoms with Crippen LogP contribution in [0.5, 0.6) is 17.2 Å². The van der Waals surface area contributed by atoms with Crippen LogP contribution in [0.3, 0.4) is 0 Å². The molecular weight excluding hydrogens is 773 g/mol. The Labute approximate surface area is 345 Å². The summed E-state index contributed by atoms with van der Waals surface area (Å²) in [5.41, 5.74) is 1.36. The third-order valence-electron chi connectivity index (χ3n) is 13.1. The summed E-state index contributed by atoms with van der Waals surface area (Å²) < 4.78 is 23.9. The van der Waals surface area contributed by atoms with Crippen molar-refractivity contribution in [1.82, 2.24) is 9.80 Å². The van der Waals surface area contributed by atoms with Crippen LogP contribution in [0.4, 0.5) is 4.79 Å². The fraction of sp³-hybridized carbons (Fsp3) is 0.391. The summed E-state index contributed by atoms with van der Waals surface area (Å²) in [5.74, 6) is -3.33. The van der Waals surface area contributed by atoms with E-state index in [-0.39, 0.29) is 53.4 Å². The molecule has 1 unspecified atom stereocenters. The van der Waals surface area contributed by atoms with Gasteiger partial charge in [-0.15, -0.1) is 0 Å². The molecule has 2 heterocycles. The molecule has 60 heavy (non-hydrogen) atoms. The molecule has 9 rings (SSSR count). The second-order valence-corrected chi connectivity index (χ2v) is 16.4. The molecular formula is C46H46N2O12. The number of carbonyl (C=O) groups is 4. The number of phenolic OH excluding ortho intramolecular Hbond substituents is 2. The maximum atomic E-state index is 14.0. The molecule has 2 aliphatic heterocycles. The zero-order chi connectivity index (χ0) is 42.2. The van der Waals surface area contributed by atoms with Crippen LogP contribution in [-0.2, 0) is 25.4 Å². The van der Waals surface area contributed by atoms with E-state index < -0.39 is 88.7 Å². The van der Waals surface area contributed by atoms with Crippen LogP contribution in [0.25, 0.3) is 11.1 Å². The van der Waals surface area contributed by atoms with Crippen LogP contribution < -0.4 is 4.74 Å². The van der Waals surface area contributed by atoms with Crippen molar-refractivity contribution >= 4 is 23.4 Å². The molecule has 4 aromatic carbocycles. The number of ketones is 3. The smallest absolute Gasteiger partial charge is 0.409 e. The number of phenols is 2. The second-order valence-electron chi connectivity index (χ2n) is 16.4. The summed E-state index contributed by atoms with van der Waals surface area (Å²) in [5, 5.41) is 46.6. The molecule has 0 aromatic heterocycles. The predicted octanol–water partition coefficient (Wildman–Crippen LogP) is 4.64. The van der Waals surface area contributed by atoms with Crippen LogP contribution in [0, 0.1) is 0 Å². The fourth-order valence-electron chi connectivity index (χ4n) is 9.89. The van der Waals surface area contributed by atoms with Crippen molar-refractivity contribution < 1.29 is 58.6 Å². The number of hydrogen-bond donors (Lipinski definition) is 4. The van der Waals surface area contributed by atoms with E-state index in [0.717, 1.165) is 22.3 Å². The minimum Gasteiger partial charge on any atom is -0.507 e. The molecule has 0 spiro atoms. The standard InChI is InChI=1S/C46H46N2O12/c1-23-40(50)32(47-15-17-48(18-16-47)45(55)58-22-31-27-11-6-4-9-25(27)26-10-5-7-12-28(26)31)19-35(59-23)60-34-21-46(56,24(2)49)20-30-37(34)44(54)39-38(42(30)52)41(51)29-13-8-14-33(57-3)36(29)43(39)53/h4-14,23,31-32,34-35,40,50,52,54,56H,15-22H2,1-3H3/t23-,32?,34-,35-,40+,46-/m0/s1. The van der Waals surface area contributed by atoms with Crippen molar-refractivity contribution in [1.29, 1.82) is 0 Å². The van der Waals surface area contributed by atoms with E-state index in [1.165, 1.54) is 32.2 Å². The molecule has 14 nitrogen and oxygen atoms in total. The molecule has 2 saturated heterocycles. The Morgan fingerprint density at radius 3 is 2.13 bits per heavy atom. The normalized spacial score (nSPS) is 26.1. The highest BCUT2D eigenvalue weighted by atomic mass is 16.7. The number of carbonyl (C=O) groups excluding carboxylic acids is 4.